The van der Waals surface area contributed by atoms with Gasteiger partial charge in [-0.25, -0.2) is 0 Å². The molecule has 0 N–H and O–H groups in total. The highest BCUT2D eigenvalue weighted by Crippen LogP contribution is 2.21. The van der Waals surface area contributed by atoms with Gasteiger partial charge in [-0.05, 0) is 77.8 Å². The maximum absolute atomic E-state index is 4.76. The largest absolute Gasteiger partial charge is 0.303 e. The van der Waals surface area contributed by atoms with Crippen LogP contribution in [0.25, 0.3) is 0 Å². The van der Waals surface area contributed by atoms with Gasteiger partial charge in [0.1, 0.15) is 0 Å². The van der Waals surface area contributed by atoms with Crippen LogP contribution in [-0.2, 0) is 0 Å². The normalized spacial score (nSPS) is 12.3. The summed E-state index contributed by atoms with van der Waals surface area (Å²) < 4.78 is 0.183. The molecule has 0 radical (unpaired) electrons. The molecule has 0 saturated heterocycles. The van der Waals surface area contributed by atoms with Crippen molar-refractivity contribution in [3.63, 3.8) is 0 Å². The maximum atomic E-state index is 4.76. The second kappa shape index (κ2) is 37.5. The second-order valence-electron chi connectivity index (χ2n) is 16.1. The molecular weight excluding hydrogens is 589 g/mol. The minimum absolute atomic E-state index is 0.183. The summed E-state index contributed by atoms with van der Waals surface area (Å²) in [5.41, 5.74) is 0. The van der Waals surface area contributed by atoms with Gasteiger partial charge < -0.3 is 9.80 Å². The summed E-state index contributed by atoms with van der Waals surface area (Å²) in [6.07, 6.45) is 45.4. The molecule has 3 heteroatoms. The summed E-state index contributed by atoms with van der Waals surface area (Å²) in [7, 11) is 0. The Balaban J connectivity index is 4.61. The van der Waals surface area contributed by atoms with Crippen LogP contribution in [0.3, 0.4) is 0 Å². The van der Waals surface area contributed by atoms with Gasteiger partial charge in [-0.2, -0.15) is 12.6 Å². The van der Waals surface area contributed by atoms with Crippen LogP contribution in [0.2, 0.25) is 0 Å². The fourth-order valence-corrected chi connectivity index (χ4v) is 7.35. The van der Waals surface area contributed by atoms with Crippen LogP contribution in [0.1, 0.15) is 240 Å². The molecule has 0 rings (SSSR count). The molecule has 0 saturated carbocycles. The lowest BCUT2D eigenvalue weighted by Gasteiger charge is -2.26. The first-order chi connectivity index (χ1) is 22.9. The third-order valence-corrected chi connectivity index (χ3v) is 10.7. The number of rotatable bonds is 40. The molecule has 0 aromatic rings. The molecule has 0 heterocycles. The van der Waals surface area contributed by atoms with E-state index < -0.39 is 0 Å². The Morgan fingerprint density at radius 3 is 0.766 bits per heavy atom. The molecule has 0 bridgehead atoms. The molecule has 0 aromatic carbocycles. The average Bonchev–Trinajstić information content (AvgIpc) is 3.04. The average molecular weight is 681 g/mol. The van der Waals surface area contributed by atoms with Crippen molar-refractivity contribution in [3.05, 3.63) is 0 Å². The van der Waals surface area contributed by atoms with E-state index in [-0.39, 0.29) is 4.75 Å². The van der Waals surface area contributed by atoms with Gasteiger partial charge in [-0.3, -0.25) is 0 Å². The lowest BCUT2D eigenvalue weighted by molar-refractivity contribution is 0.215. The Kier molecular flexibility index (Phi) is 37.7. The quantitative estimate of drug-likeness (QED) is 0.0508. The van der Waals surface area contributed by atoms with Crippen LogP contribution >= 0.6 is 12.6 Å². The molecule has 2 nitrogen and oxygen atoms in total. The van der Waals surface area contributed by atoms with E-state index in [1.165, 1.54) is 245 Å². The molecule has 0 amide bonds. The van der Waals surface area contributed by atoms with Gasteiger partial charge in [-0.15, -0.1) is 0 Å². The molecule has 0 aliphatic carbocycles. The molecule has 0 aliphatic rings. The van der Waals surface area contributed by atoms with Gasteiger partial charge in [-0.1, -0.05) is 202 Å². The molecule has 47 heavy (non-hydrogen) atoms. The molecule has 0 unspecified atom stereocenters. The topological polar surface area (TPSA) is 6.48 Å². The van der Waals surface area contributed by atoms with Gasteiger partial charge in [0, 0.05) is 4.75 Å². The Morgan fingerprint density at radius 1 is 0.298 bits per heavy atom. The Bertz CT molecular complexity index is 552. The van der Waals surface area contributed by atoms with Crippen molar-refractivity contribution in [3.8, 4) is 0 Å². The van der Waals surface area contributed by atoms with E-state index in [4.69, 9.17) is 12.6 Å². The fourth-order valence-electron chi connectivity index (χ4n) is 7.20. The molecule has 0 atom stereocenters. The summed E-state index contributed by atoms with van der Waals surface area (Å²) in [4.78, 5) is 5.72. The minimum Gasteiger partial charge on any atom is -0.303 e. The van der Waals surface area contributed by atoms with Crippen molar-refractivity contribution in [2.24, 2.45) is 0 Å². The third kappa shape index (κ3) is 38.9. The number of hydrogen-bond donors (Lipinski definition) is 1. The molecular formula is C44H92N2S. The van der Waals surface area contributed by atoms with Crippen LogP contribution < -0.4 is 0 Å². The predicted octanol–water partition coefficient (Wildman–Crippen LogP) is 14.8. The van der Waals surface area contributed by atoms with Gasteiger partial charge in [0.15, 0.2) is 0 Å². The highest BCUT2D eigenvalue weighted by Gasteiger charge is 2.12. The second-order valence-corrected chi connectivity index (χ2v) is 17.4. The van der Waals surface area contributed by atoms with Crippen molar-refractivity contribution in [1.82, 2.24) is 9.80 Å². The number of thiol groups is 1. The first-order valence-corrected chi connectivity index (χ1v) is 22.5. The first-order valence-electron chi connectivity index (χ1n) is 22.1. The zero-order chi connectivity index (χ0) is 34.5. The van der Waals surface area contributed by atoms with Gasteiger partial charge in [0.25, 0.3) is 0 Å². The van der Waals surface area contributed by atoms with Crippen molar-refractivity contribution in [2.75, 3.05) is 39.3 Å². The van der Waals surface area contributed by atoms with E-state index in [0.29, 0.717) is 0 Å². The highest BCUT2D eigenvalue weighted by atomic mass is 32.1. The van der Waals surface area contributed by atoms with Gasteiger partial charge in [0.05, 0.1) is 0 Å². The zero-order valence-electron chi connectivity index (χ0n) is 33.7. The monoisotopic (exact) mass is 681 g/mol. The lowest BCUT2D eigenvalue weighted by Crippen LogP contribution is -2.32. The van der Waals surface area contributed by atoms with E-state index >= 15 is 0 Å². The van der Waals surface area contributed by atoms with Crippen LogP contribution in [0.15, 0.2) is 0 Å². The Morgan fingerprint density at radius 2 is 0.511 bits per heavy atom. The van der Waals surface area contributed by atoms with Crippen LogP contribution in [0.5, 0.6) is 0 Å². The fraction of sp³-hybridized carbons (Fsp3) is 1.00. The first kappa shape index (κ1) is 47.3. The minimum atomic E-state index is 0.183. The summed E-state index contributed by atoms with van der Waals surface area (Å²) >= 11 is 4.76. The summed E-state index contributed by atoms with van der Waals surface area (Å²) in [5, 5.41) is 0. The van der Waals surface area contributed by atoms with Crippen LogP contribution in [0.4, 0.5) is 0 Å². The van der Waals surface area contributed by atoms with Gasteiger partial charge >= 0.3 is 0 Å². The molecule has 284 valence electrons. The molecule has 0 aromatic heterocycles. The van der Waals surface area contributed by atoms with E-state index in [1.807, 2.05) is 0 Å². The van der Waals surface area contributed by atoms with Crippen molar-refractivity contribution in [1.29, 1.82) is 0 Å². The zero-order valence-corrected chi connectivity index (χ0v) is 34.6. The smallest absolute Gasteiger partial charge is 0.00731 e. The third-order valence-electron chi connectivity index (χ3n) is 10.4. The van der Waals surface area contributed by atoms with E-state index in [2.05, 4.69) is 44.4 Å². The maximum Gasteiger partial charge on any atom is 0.00731 e. The lowest BCUT2D eigenvalue weighted by atomic mass is 10.0. The molecule has 0 aliphatic heterocycles. The SMILES string of the molecule is CCCCCCCCCCCN(CCCCCCCCCCC)CCCN(CCCCCCCCCCC)CCCCCC(C)(C)S. The van der Waals surface area contributed by atoms with Gasteiger partial charge in [0.2, 0.25) is 0 Å². The summed E-state index contributed by atoms with van der Waals surface area (Å²) in [5.74, 6) is 0. The van der Waals surface area contributed by atoms with E-state index in [0.717, 1.165) is 0 Å². The van der Waals surface area contributed by atoms with Crippen molar-refractivity contribution in [2.45, 2.75) is 245 Å². The Labute approximate surface area is 305 Å². The van der Waals surface area contributed by atoms with E-state index in [9.17, 15) is 0 Å². The highest BCUT2D eigenvalue weighted by molar-refractivity contribution is 7.81. The van der Waals surface area contributed by atoms with Crippen LogP contribution in [-0.4, -0.2) is 53.8 Å². The summed E-state index contributed by atoms with van der Waals surface area (Å²) in [6, 6.07) is 0. The number of nitrogens with zero attached hydrogens (tertiary/aromatic N) is 2. The molecule has 0 fully saturated rings. The summed E-state index contributed by atoms with van der Waals surface area (Å²) in [6.45, 7) is 19.4. The van der Waals surface area contributed by atoms with Crippen LogP contribution in [0, 0.1) is 0 Å². The van der Waals surface area contributed by atoms with Crippen molar-refractivity contribution < 1.29 is 0 Å². The molecule has 0 spiro atoms. The van der Waals surface area contributed by atoms with E-state index in [1.54, 1.807) is 0 Å². The number of hydrogen-bond acceptors (Lipinski definition) is 3. The predicted molar refractivity (Wildman–Crippen MR) is 221 cm³/mol. The number of unbranched alkanes of at least 4 members (excludes halogenated alkanes) is 26. The standard InChI is InChI=1S/C44H92N2S/c1-6-9-12-15-18-21-24-27-32-38-45(39-33-28-25-22-19-16-13-10-7-2)42-36-43-46(41-35-30-31-37-44(4,5)47)40-34-29-26-23-20-17-14-11-8-3/h47H,6-43H2,1-5H3. The van der Waals surface area contributed by atoms with Crippen molar-refractivity contribution >= 4 is 12.6 Å². The Hall–Kier alpha value is 0.270.